The number of carbonyl (C=O) groups is 1. The third-order valence-electron chi connectivity index (χ3n) is 7.06. The van der Waals surface area contributed by atoms with E-state index in [1.54, 1.807) is 0 Å². The fourth-order valence-electron chi connectivity index (χ4n) is 5.57. The van der Waals surface area contributed by atoms with Crippen LogP contribution >= 0.6 is 11.6 Å². The Morgan fingerprint density at radius 3 is 2.31 bits per heavy atom. The van der Waals surface area contributed by atoms with E-state index in [0.717, 1.165) is 78.0 Å². The van der Waals surface area contributed by atoms with E-state index in [9.17, 15) is 4.79 Å². The second-order valence-corrected chi connectivity index (χ2v) is 9.37. The number of nitrogens with zero attached hydrogens (tertiary/aromatic N) is 4. The Kier molecular flexibility index (Phi) is 5.77. The predicted molar refractivity (Wildman–Crippen MR) is 104 cm³/mol. The summed E-state index contributed by atoms with van der Waals surface area (Å²) < 4.78 is 0. The molecule has 3 atom stereocenters. The summed E-state index contributed by atoms with van der Waals surface area (Å²) in [7, 11) is 2.09. The molecule has 0 saturated carbocycles. The first-order valence-corrected chi connectivity index (χ1v) is 10.8. The van der Waals surface area contributed by atoms with Crippen molar-refractivity contribution in [1.82, 2.24) is 19.6 Å². The fourth-order valence-corrected chi connectivity index (χ4v) is 6.15. The maximum atomic E-state index is 13.2. The van der Waals surface area contributed by atoms with Crippen LogP contribution in [0.1, 0.15) is 25.7 Å². The molecule has 26 heavy (non-hydrogen) atoms. The number of nitrogens with two attached hydrogens (primary N) is 1. The van der Waals surface area contributed by atoms with Crippen molar-refractivity contribution in [1.29, 1.82) is 0 Å². The quantitative estimate of drug-likeness (QED) is 0.693. The van der Waals surface area contributed by atoms with Crippen molar-refractivity contribution >= 4 is 17.5 Å². The SMILES string of the molecule is CN1CC(N)C(N2CCC(C(=O)N3CCN4CCC3CC4)CC2)C(Cl)C1. The zero-order valence-corrected chi connectivity index (χ0v) is 16.8. The van der Waals surface area contributed by atoms with Crippen molar-refractivity contribution in [3.05, 3.63) is 0 Å². The molecular formula is C19H34ClN5O. The standard InChI is InChI=1S/C19H34ClN5O/c1-22-12-16(20)18(17(21)13-22)24-8-2-14(3-9-24)19(26)25-11-10-23-6-4-15(25)5-7-23/h14-18H,2-13,21H2,1H3. The highest BCUT2D eigenvalue weighted by Gasteiger charge is 2.40. The van der Waals surface area contributed by atoms with Crippen molar-refractivity contribution in [3.8, 4) is 0 Å². The van der Waals surface area contributed by atoms with Crippen molar-refractivity contribution in [3.63, 3.8) is 0 Å². The van der Waals surface area contributed by atoms with Crippen LogP contribution in [0.5, 0.6) is 0 Å². The molecule has 0 aromatic carbocycles. The van der Waals surface area contributed by atoms with E-state index in [1.807, 2.05) is 0 Å². The molecule has 5 saturated heterocycles. The lowest BCUT2D eigenvalue weighted by molar-refractivity contribution is -0.139. The van der Waals surface area contributed by atoms with E-state index in [2.05, 4.69) is 26.6 Å². The van der Waals surface area contributed by atoms with Crippen LogP contribution in [0.3, 0.4) is 0 Å². The molecule has 3 unspecified atom stereocenters. The van der Waals surface area contributed by atoms with Crippen LogP contribution in [-0.4, -0.2) is 108 Å². The number of hydrogen-bond donors (Lipinski definition) is 1. The van der Waals surface area contributed by atoms with E-state index >= 15 is 0 Å². The molecular weight excluding hydrogens is 350 g/mol. The first-order valence-electron chi connectivity index (χ1n) is 10.4. The van der Waals surface area contributed by atoms with Crippen molar-refractivity contribution in [2.45, 2.75) is 49.2 Å². The van der Waals surface area contributed by atoms with E-state index in [0.29, 0.717) is 11.9 Å². The van der Waals surface area contributed by atoms with Crippen LogP contribution in [-0.2, 0) is 4.79 Å². The predicted octanol–water partition coefficient (Wildman–Crippen LogP) is 0.254. The largest absolute Gasteiger partial charge is 0.338 e. The zero-order chi connectivity index (χ0) is 18.3. The molecule has 0 aliphatic carbocycles. The number of piperidine rings is 3. The molecule has 0 aromatic rings. The second kappa shape index (κ2) is 7.92. The molecule has 5 heterocycles. The Morgan fingerprint density at radius 1 is 0.962 bits per heavy atom. The molecule has 2 N–H and O–H groups in total. The van der Waals surface area contributed by atoms with E-state index in [4.69, 9.17) is 17.3 Å². The number of rotatable bonds is 2. The highest BCUT2D eigenvalue weighted by molar-refractivity contribution is 6.21. The van der Waals surface area contributed by atoms with Gasteiger partial charge >= 0.3 is 0 Å². The molecule has 5 aliphatic heterocycles. The van der Waals surface area contributed by atoms with Gasteiger partial charge in [0.1, 0.15) is 0 Å². The van der Waals surface area contributed by atoms with Gasteiger partial charge in [0.15, 0.2) is 0 Å². The van der Waals surface area contributed by atoms with Crippen LogP contribution in [0.25, 0.3) is 0 Å². The molecule has 0 radical (unpaired) electrons. The Hall–Kier alpha value is -0.400. The minimum Gasteiger partial charge on any atom is -0.338 e. The van der Waals surface area contributed by atoms with E-state index < -0.39 is 0 Å². The lowest BCUT2D eigenvalue weighted by Crippen LogP contribution is -2.63. The van der Waals surface area contributed by atoms with Crippen LogP contribution in [0.2, 0.25) is 0 Å². The monoisotopic (exact) mass is 383 g/mol. The summed E-state index contributed by atoms with van der Waals surface area (Å²) >= 11 is 6.64. The summed E-state index contributed by atoms with van der Waals surface area (Å²) in [4.78, 5) is 22.6. The Morgan fingerprint density at radius 2 is 1.65 bits per heavy atom. The summed E-state index contributed by atoms with van der Waals surface area (Å²) in [5.74, 6) is 0.600. The second-order valence-electron chi connectivity index (χ2n) is 8.81. The van der Waals surface area contributed by atoms with Gasteiger partial charge < -0.3 is 20.4 Å². The molecule has 148 valence electrons. The number of hydrogen-bond acceptors (Lipinski definition) is 5. The normalized spacial score (nSPS) is 40.6. The topological polar surface area (TPSA) is 56.1 Å². The zero-order valence-electron chi connectivity index (χ0n) is 16.0. The van der Waals surface area contributed by atoms with Crippen molar-refractivity contribution < 1.29 is 4.79 Å². The average Bonchev–Trinajstić information content (AvgIpc) is 2.95. The van der Waals surface area contributed by atoms with Gasteiger partial charge in [0, 0.05) is 63.3 Å². The fraction of sp³-hybridized carbons (Fsp3) is 0.947. The molecule has 0 spiro atoms. The number of carbonyl (C=O) groups excluding carboxylic acids is 1. The number of likely N-dealkylation sites (tertiary alicyclic amines) is 2. The van der Waals surface area contributed by atoms with Crippen molar-refractivity contribution in [2.75, 3.05) is 59.4 Å². The van der Waals surface area contributed by atoms with Gasteiger partial charge in [0.2, 0.25) is 5.91 Å². The molecule has 1 amide bonds. The first-order chi connectivity index (χ1) is 12.5. The summed E-state index contributed by atoms with van der Waals surface area (Å²) in [5.41, 5.74) is 6.41. The van der Waals surface area contributed by atoms with Crippen LogP contribution in [0.15, 0.2) is 0 Å². The van der Waals surface area contributed by atoms with Crippen molar-refractivity contribution in [2.24, 2.45) is 11.7 Å². The Bertz CT molecular complexity index is 492. The molecule has 5 rings (SSSR count). The number of alkyl halides is 1. The number of fused-ring (bicyclic) bond motifs is 4. The summed E-state index contributed by atoms with van der Waals surface area (Å²) in [6.07, 6.45) is 4.22. The van der Waals surface area contributed by atoms with Gasteiger partial charge in [0.25, 0.3) is 0 Å². The molecule has 2 bridgehead atoms. The van der Waals surface area contributed by atoms with Gasteiger partial charge in [-0.05, 0) is 45.8 Å². The van der Waals surface area contributed by atoms with Crippen LogP contribution < -0.4 is 5.73 Å². The number of halogens is 1. The summed E-state index contributed by atoms with van der Waals surface area (Å²) in [6, 6.07) is 0.817. The van der Waals surface area contributed by atoms with Gasteiger partial charge in [-0.3, -0.25) is 9.69 Å². The Labute approximate surface area is 162 Å². The minimum absolute atomic E-state index is 0.0751. The first kappa shape index (κ1) is 18.9. The Balaban J connectivity index is 1.34. The molecule has 5 aliphatic rings. The van der Waals surface area contributed by atoms with Crippen LogP contribution in [0.4, 0.5) is 0 Å². The van der Waals surface area contributed by atoms with E-state index in [-0.39, 0.29) is 23.4 Å². The van der Waals surface area contributed by atoms with Crippen LogP contribution in [0, 0.1) is 5.92 Å². The van der Waals surface area contributed by atoms with Gasteiger partial charge in [-0.1, -0.05) is 0 Å². The van der Waals surface area contributed by atoms with Gasteiger partial charge in [-0.25, -0.2) is 0 Å². The summed E-state index contributed by atoms with van der Waals surface area (Å²) in [6.45, 7) is 8.00. The lowest BCUT2D eigenvalue weighted by atomic mass is 9.90. The highest BCUT2D eigenvalue weighted by Crippen LogP contribution is 2.29. The third kappa shape index (κ3) is 3.76. The maximum absolute atomic E-state index is 13.2. The smallest absolute Gasteiger partial charge is 0.226 e. The number of likely N-dealkylation sites (N-methyl/N-ethyl adjacent to an activating group) is 1. The average molecular weight is 384 g/mol. The van der Waals surface area contributed by atoms with Gasteiger partial charge in [-0.15, -0.1) is 11.6 Å². The van der Waals surface area contributed by atoms with Gasteiger partial charge in [-0.2, -0.15) is 0 Å². The molecule has 0 aromatic heterocycles. The minimum atomic E-state index is 0.0751. The van der Waals surface area contributed by atoms with Gasteiger partial charge in [0.05, 0.1) is 5.38 Å². The lowest BCUT2D eigenvalue weighted by Gasteiger charge is -2.46. The maximum Gasteiger partial charge on any atom is 0.226 e. The molecule has 7 heteroatoms. The summed E-state index contributed by atoms with van der Waals surface area (Å²) in [5, 5.41) is 0.0751. The highest BCUT2D eigenvalue weighted by atomic mass is 35.5. The molecule has 6 nitrogen and oxygen atoms in total. The third-order valence-corrected chi connectivity index (χ3v) is 7.45. The molecule has 5 fully saturated rings. The van der Waals surface area contributed by atoms with E-state index in [1.165, 1.54) is 0 Å². The number of amides is 1.